The maximum absolute atomic E-state index is 11.8. The summed E-state index contributed by atoms with van der Waals surface area (Å²) >= 11 is 0. The zero-order valence-corrected chi connectivity index (χ0v) is 14.6. The molecule has 0 spiro atoms. The molecule has 0 aliphatic heterocycles. The summed E-state index contributed by atoms with van der Waals surface area (Å²) < 4.78 is 10.3. The zero-order chi connectivity index (χ0) is 17.9. The quantitative estimate of drug-likeness (QED) is 0.284. The molecule has 0 radical (unpaired) electrons. The number of rotatable bonds is 9. The van der Waals surface area contributed by atoms with Crippen molar-refractivity contribution in [3.05, 3.63) is 54.6 Å². The number of ether oxygens (including phenoxy) is 2. The van der Waals surface area contributed by atoms with Crippen LogP contribution in [0.5, 0.6) is 5.75 Å². The van der Waals surface area contributed by atoms with Crippen molar-refractivity contribution in [2.24, 2.45) is 0 Å². The van der Waals surface area contributed by atoms with Crippen molar-refractivity contribution in [1.82, 2.24) is 0 Å². The molecule has 0 saturated carbocycles. The minimum absolute atomic E-state index is 0.382. The number of hydrogen-bond donors (Lipinski definition) is 0. The molecule has 0 atom stereocenters. The Balaban J connectivity index is 1.74. The van der Waals surface area contributed by atoms with E-state index in [2.05, 4.69) is 6.92 Å². The first kappa shape index (κ1) is 18.7. The Hall–Kier alpha value is -2.62. The van der Waals surface area contributed by atoms with Gasteiger partial charge in [0, 0.05) is 12.2 Å². The van der Waals surface area contributed by atoms with Crippen molar-refractivity contribution >= 4 is 22.7 Å². The molecule has 0 heterocycles. The van der Waals surface area contributed by atoms with E-state index in [0.29, 0.717) is 12.4 Å². The molecule has 4 nitrogen and oxygen atoms in total. The number of carbonyl (C=O) groups is 2. The van der Waals surface area contributed by atoms with Gasteiger partial charge in [-0.25, -0.2) is 9.59 Å². The third kappa shape index (κ3) is 6.79. The van der Waals surface area contributed by atoms with E-state index in [-0.39, 0.29) is 0 Å². The molecule has 0 fully saturated rings. The molecule has 0 bridgehead atoms. The predicted molar refractivity (Wildman–Crippen MR) is 98.4 cm³/mol. The lowest BCUT2D eigenvalue weighted by atomic mass is 10.1. The number of fused-ring (bicyclic) bond motifs is 1. The first-order valence-corrected chi connectivity index (χ1v) is 8.74. The third-order valence-corrected chi connectivity index (χ3v) is 3.79. The summed E-state index contributed by atoms with van der Waals surface area (Å²) in [4.78, 5) is 23.3. The van der Waals surface area contributed by atoms with Gasteiger partial charge >= 0.3 is 11.9 Å². The second-order valence-corrected chi connectivity index (χ2v) is 5.85. The highest BCUT2D eigenvalue weighted by molar-refractivity contribution is 5.93. The van der Waals surface area contributed by atoms with E-state index < -0.39 is 11.9 Å². The van der Waals surface area contributed by atoms with Crippen molar-refractivity contribution in [2.45, 2.75) is 39.0 Å². The van der Waals surface area contributed by atoms with Gasteiger partial charge in [-0.15, -0.1) is 0 Å². The van der Waals surface area contributed by atoms with E-state index in [1.54, 1.807) is 12.1 Å². The lowest BCUT2D eigenvalue weighted by Gasteiger charge is -2.04. The maximum atomic E-state index is 11.8. The molecule has 0 aliphatic carbocycles. The largest absolute Gasteiger partial charge is 0.463 e. The van der Waals surface area contributed by atoms with Crippen molar-refractivity contribution < 1.29 is 19.1 Å². The fourth-order valence-electron chi connectivity index (χ4n) is 2.44. The molecular weight excluding hydrogens is 316 g/mol. The third-order valence-electron chi connectivity index (χ3n) is 3.79. The van der Waals surface area contributed by atoms with E-state index in [0.717, 1.165) is 42.2 Å². The second-order valence-electron chi connectivity index (χ2n) is 5.85. The summed E-state index contributed by atoms with van der Waals surface area (Å²) in [5.74, 6) is -0.682. The predicted octanol–water partition coefficient (Wildman–Crippen LogP) is 4.82. The first-order valence-electron chi connectivity index (χ1n) is 8.74. The normalized spacial score (nSPS) is 10.9. The molecular formula is C21H24O4. The molecule has 2 aromatic carbocycles. The lowest BCUT2D eigenvalue weighted by Crippen LogP contribution is -2.07. The summed E-state index contributed by atoms with van der Waals surface area (Å²) in [6.07, 6.45) is 7.64. The standard InChI is InChI=1S/C21H24O4/c1-2-3-4-5-8-15-24-20(22)13-14-21(23)25-19-12-11-17-9-6-7-10-18(17)16-19/h6-7,9-14,16H,2-5,8,15H2,1H3/b14-13+. The van der Waals surface area contributed by atoms with E-state index in [4.69, 9.17) is 9.47 Å². The van der Waals surface area contributed by atoms with Gasteiger partial charge in [0.25, 0.3) is 0 Å². The highest BCUT2D eigenvalue weighted by Crippen LogP contribution is 2.20. The van der Waals surface area contributed by atoms with Crippen LogP contribution in [0.1, 0.15) is 39.0 Å². The van der Waals surface area contributed by atoms with Crippen molar-refractivity contribution in [3.63, 3.8) is 0 Å². The van der Waals surface area contributed by atoms with Crippen LogP contribution >= 0.6 is 0 Å². The maximum Gasteiger partial charge on any atom is 0.336 e. The Labute approximate surface area is 148 Å². The Morgan fingerprint density at radius 2 is 1.60 bits per heavy atom. The fourth-order valence-corrected chi connectivity index (χ4v) is 2.44. The van der Waals surface area contributed by atoms with Crippen LogP contribution < -0.4 is 4.74 Å². The fraction of sp³-hybridized carbons (Fsp3) is 0.333. The van der Waals surface area contributed by atoms with Crippen LogP contribution in [-0.2, 0) is 14.3 Å². The van der Waals surface area contributed by atoms with Crippen molar-refractivity contribution in [3.8, 4) is 5.75 Å². The highest BCUT2D eigenvalue weighted by Gasteiger charge is 2.04. The topological polar surface area (TPSA) is 52.6 Å². The molecule has 25 heavy (non-hydrogen) atoms. The van der Waals surface area contributed by atoms with E-state index in [1.807, 2.05) is 30.3 Å². The molecule has 0 amide bonds. The number of hydrogen-bond acceptors (Lipinski definition) is 4. The molecule has 0 unspecified atom stereocenters. The molecule has 4 heteroatoms. The van der Waals surface area contributed by atoms with E-state index >= 15 is 0 Å². The molecule has 0 saturated heterocycles. The van der Waals surface area contributed by atoms with E-state index in [1.165, 1.54) is 12.8 Å². The van der Waals surface area contributed by atoms with Gasteiger partial charge in [0.1, 0.15) is 5.75 Å². The van der Waals surface area contributed by atoms with Crippen LogP contribution in [0.25, 0.3) is 10.8 Å². The number of unbranched alkanes of at least 4 members (excludes halogenated alkanes) is 4. The van der Waals surface area contributed by atoms with Gasteiger partial charge in [0.05, 0.1) is 6.61 Å². The average molecular weight is 340 g/mol. The molecule has 0 aromatic heterocycles. The second kappa shape index (κ2) is 10.3. The molecule has 2 aromatic rings. The van der Waals surface area contributed by atoms with Gasteiger partial charge in [-0.1, -0.05) is 62.9 Å². The Morgan fingerprint density at radius 1 is 0.880 bits per heavy atom. The molecule has 0 aliphatic rings. The summed E-state index contributed by atoms with van der Waals surface area (Å²) in [5, 5.41) is 2.06. The Kier molecular flexibility index (Phi) is 7.70. The van der Waals surface area contributed by atoms with E-state index in [9.17, 15) is 9.59 Å². The van der Waals surface area contributed by atoms with Gasteiger partial charge in [-0.05, 0) is 29.3 Å². The summed E-state index contributed by atoms with van der Waals surface area (Å²) in [7, 11) is 0. The van der Waals surface area contributed by atoms with Gasteiger partial charge in [-0.2, -0.15) is 0 Å². The van der Waals surface area contributed by atoms with Crippen LogP contribution in [0.4, 0.5) is 0 Å². The zero-order valence-electron chi connectivity index (χ0n) is 14.6. The Bertz CT molecular complexity index is 734. The number of carbonyl (C=O) groups excluding carboxylic acids is 2. The van der Waals surface area contributed by atoms with Crippen molar-refractivity contribution in [2.75, 3.05) is 6.61 Å². The van der Waals surface area contributed by atoms with Gasteiger partial charge in [0.2, 0.25) is 0 Å². The molecule has 132 valence electrons. The number of benzene rings is 2. The summed E-state index contributed by atoms with van der Waals surface area (Å²) in [5.41, 5.74) is 0. The minimum atomic E-state index is -0.602. The highest BCUT2D eigenvalue weighted by atomic mass is 16.5. The summed E-state index contributed by atoms with van der Waals surface area (Å²) in [6.45, 7) is 2.54. The monoisotopic (exact) mass is 340 g/mol. The van der Waals surface area contributed by atoms with Crippen LogP contribution in [0.2, 0.25) is 0 Å². The summed E-state index contributed by atoms with van der Waals surface area (Å²) in [6, 6.07) is 13.2. The minimum Gasteiger partial charge on any atom is -0.463 e. The first-order chi connectivity index (χ1) is 12.2. The van der Waals surface area contributed by atoms with Gasteiger partial charge in [0.15, 0.2) is 0 Å². The lowest BCUT2D eigenvalue weighted by molar-refractivity contribution is -0.138. The van der Waals surface area contributed by atoms with Crippen LogP contribution in [-0.4, -0.2) is 18.5 Å². The molecule has 0 N–H and O–H groups in total. The molecule has 2 rings (SSSR count). The van der Waals surface area contributed by atoms with Crippen LogP contribution in [0.3, 0.4) is 0 Å². The smallest absolute Gasteiger partial charge is 0.336 e. The van der Waals surface area contributed by atoms with Crippen molar-refractivity contribution in [1.29, 1.82) is 0 Å². The van der Waals surface area contributed by atoms with Gasteiger partial charge < -0.3 is 9.47 Å². The van der Waals surface area contributed by atoms with Crippen LogP contribution in [0.15, 0.2) is 54.6 Å². The van der Waals surface area contributed by atoms with Gasteiger partial charge in [-0.3, -0.25) is 0 Å². The average Bonchev–Trinajstić information content (AvgIpc) is 2.63. The van der Waals surface area contributed by atoms with Crippen LogP contribution in [0, 0.1) is 0 Å². The number of esters is 2. The SMILES string of the molecule is CCCCCCCOC(=O)/C=C/C(=O)Oc1ccc2ccccc2c1. The Morgan fingerprint density at radius 3 is 2.40 bits per heavy atom.